The molecule has 4 nitrogen and oxygen atoms in total. The van der Waals surface area contributed by atoms with Gasteiger partial charge >= 0.3 is 0 Å². The Labute approximate surface area is 157 Å². The Hall–Kier alpha value is -2.66. The van der Waals surface area contributed by atoms with Crippen LogP contribution in [-0.2, 0) is 24.1 Å². The summed E-state index contributed by atoms with van der Waals surface area (Å²) < 4.78 is 0. The van der Waals surface area contributed by atoms with Crippen LogP contribution in [0.15, 0.2) is 60.0 Å². The number of phenols is 1. The highest BCUT2D eigenvalue weighted by atomic mass is 32.1. The molecule has 2 aromatic carbocycles. The number of aromatic nitrogens is 1. The first kappa shape index (κ1) is 18.1. The van der Waals surface area contributed by atoms with Gasteiger partial charge in [0.15, 0.2) is 0 Å². The zero-order valence-corrected chi connectivity index (χ0v) is 15.5. The topological polar surface area (TPSA) is 62.2 Å². The third-order valence-electron chi connectivity index (χ3n) is 4.12. The summed E-state index contributed by atoms with van der Waals surface area (Å²) in [6.07, 6.45) is 1.81. The maximum absolute atomic E-state index is 12.6. The largest absolute Gasteiger partial charge is 0.508 e. The fraction of sp³-hybridized carbons (Fsp3) is 0.238. The highest BCUT2D eigenvalue weighted by molar-refractivity contribution is 7.09. The Bertz CT molecular complexity index is 861. The van der Waals surface area contributed by atoms with Gasteiger partial charge in [0.1, 0.15) is 10.8 Å². The average molecular weight is 366 g/mol. The SMILES string of the molecule is CCc1csc([C@H](Cc2ccccc2)NC(=O)Cc2cccc(O)c2)n1. The molecule has 0 saturated heterocycles. The van der Waals surface area contributed by atoms with E-state index in [2.05, 4.69) is 34.7 Å². The molecule has 1 aromatic heterocycles. The summed E-state index contributed by atoms with van der Waals surface area (Å²) in [5.41, 5.74) is 2.99. The Morgan fingerprint density at radius 2 is 1.92 bits per heavy atom. The lowest BCUT2D eigenvalue weighted by molar-refractivity contribution is -0.121. The molecule has 3 aromatic rings. The van der Waals surface area contributed by atoms with Crippen LogP contribution in [0.4, 0.5) is 0 Å². The van der Waals surface area contributed by atoms with Crippen molar-refractivity contribution in [1.29, 1.82) is 0 Å². The van der Waals surface area contributed by atoms with Crippen LogP contribution < -0.4 is 5.32 Å². The summed E-state index contributed by atoms with van der Waals surface area (Å²) in [5, 5.41) is 15.7. The van der Waals surface area contributed by atoms with Crippen LogP contribution in [0, 0.1) is 0 Å². The summed E-state index contributed by atoms with van der Waals surface area (Å²) in [5.74, 6) is 0.0911. The van der Waals surface area contributed by atoms with Gasteiger partial charge in [-0.05, 0) is 36.1 Å². The standard InChI is InChI=1S/C21H22N2O2S/c1-2-17-14-26-21(22-17)19(12-15-7-4-3-5-8-15)23-20(25)13-16-9-6-10-18(24)11-16/h3-11,14,19,24H,2,12-13H2,1H3,(H,23,25)/t19-/m0/s1. The van der Waals surface area contributed by atoms with E-state index < -0.39 is 0 Å². The van der Waals surface area contributed by atoms with E-state index in [-0.39, 0.29) is 24.1 Å². The molecular formula is C21H22N2O2S. The predicted molar refractivity (Wildman–Crippen MR) is 104 cm³/mol. The second kappa shape index (κ2) is 8.63. The van der Waals surface area contributed by atoms with E-state index in [0.29, 0.717) is 6.42 Å². The van der Waals surface area contributed by atoms with Crippen molar-refractivity contribution in [3.8, 4) is 5.75 Å². The monoisotopic (exact) mass is 366 g/mol. The summed E-state index contributed by atoms with van der Waals surface area (Å²) in [7, 11) is 0. The van der Waals surface area contributed by atoms with E-state index in [1.165, 1.54) is 0 Å². The van der Waals surface area contributed by atoms with Gasteiger partial charge in [-0.15, -0.1) is 11.3 Å². The lowest BCUT2D eigenvalue weighted by atomic mass is 10.1. The molecule has 1 atom stereocenters. The Morgan fingerprint density at radius 1 is 1.15 bits per heavy atom. The van der Waals surface area contributed by atoms with Crippen LogP contribution in [0.2, 0.25) is 0 Å². The number of aryl methyl sites for hydroxylation is 1. The molecule has 0 saturated carbocycles. The minimum absolute atomic E-state index is 0.0789. The van der Waals surface area contributed by atoms with Crippen molar-refractivity contribution < 1.29 is 9.90 Å². The van der Waals surface area contributed by atoms with Gasteiger partial charge in [0.2, 0.25) is 5.91 Å². The number of aromatic hydroxyl groups is 1. The first-order chi connectivity index (χ1) is 12.6. The van der Waals surface area contributed by atoms with Crippen LogP contribution in [0.1, 0.15) is 34.8 Å². The number of amides is 1. The van der Waals surface area contributed by atoms with Gasteiger partial charge in [-0.2, -0.15) is 0 Å². The molecule has 1 amide bonds. The molecule has 1 heterocycles. The van der Waals surface area contributed by atoms with E-state index in [1.807, 2.05) is 24.3 Å². The van der Waals surface area contributed by atoms with Crippen molar-refractivity contribution in [3.63, 3.8) is 0 Å². The summed E-state index contributed by atoms with van der Waals surface area (Å²) >= 11 is 1.59. The number of nitrogens with zero attached hydrogens (tertiary/aromatic N) is 1. The summed E-state index contributed by atoms with van der Waals surface area (Å²) in [4.78, 5) is 17.2. The maximum atomic E-state index is 12.6. The number of hydrogen-bond acceptors (Lipinski definition) is 4. The van der Waals surface area contributed by atoms with Crippen molar-refractivity contribution in [3.05, 3.63) is 81.8 Å². The second-order valence-corrected chi connectivity index (χ2v) is 7.08. The molecule has 0 spiro atoms. The number of carbonyl (C=O) groups excluding carboxylic acids is 1. The van der Waals surface area contributed by atoms with Gasteiger partial charge in [-0.1, -0.05) is 49.4 Å². The smallest absolute Gasteiger partial charge is 0.224 e. The lowest BCUT2D eigenvalue weighted by Crippen LogP contribution is -2.31. The van der Waals surface area contributed by atoms with Crippen molar-refractivity contribution >= 4 is 17.2 Å². The van der Waals surface area contributed by atoms with Crippen LogP contribution >= 0.6 is 11.3 Å². The minimum Gasteiger partial charge on any atom is -0.508 e. The van der Waals surface area contributed by atoms with Crippen molar-refractivity contribution in [2.45, 2.75) is 32.2 Å². The van der Waals surface area contributed by atoms with Crippen LogP contribution in [0.5, 0.6) is 5.75 Å². The lowest BCUT2D eigenvalue weighted by Gasteiger charge is -2.17. The molecule has 26 heavy (non-hydrogen) atoms. The number of thiazole rings is 1. The summed E-state index contributed by atoms with van der Waals surface area (Å²) in [6.45, 7) is 2.07. The highest BCUT2D eigenvalue weighted by Crippen LogP contribution is 2.23. The van der Waals surface area contributed by atoms with Gasteiger partial charge in [-0.25, -0.2) is 4.98 Å². The number of hydrogen-bond donors (Lipinski definition) is 2. The molecule has 3 rings (SSSR count). The van der Waals surface area contributed by atoms with E-state index in [1.54, 1.807) is 29.5 Å². The minimum atomic E-state index is -0.160. The Balaban J connectivity index is 1.75. The molecule has 0 unspecified atom stereocenters. The fourth-order valence-corrected chi connectivity index (χ4v) is 3.74. The van der Waals surface area contributed by atoms with Crippen LogP contribution in [0.25, 0.3) is 0 Å². The number of phenolic OH excluding ortho intramolecular Hbond substituents is 1. The number of nitrogens with one attached hydrogen (secondary N) is 1. The van der Waals surface area contributed by atoms with E-state index in [9.17, 15) is 9.90 Å². The van der Waals surface area contributed by atoms with Gasteiger partial charge in [-0.3, -0.25) is 4.79 Å². The van der Waals surface area contributed by atoms with Crippen molar-refractivity contribution in [1.82, 2.24) is 10.3 Å². The molecule has 0 aliphatic heterocycles. The quantitative estimate of drug-likeness (QED) is 0.663. The fourth-order valence-electron chi connectivity index (χ4n) is 2.79. The molecule has 0 radical (unpaired) electrons. The maximum Gasteiger partial charge on any atom is 0.224 e. The molecule has 2 N–H and O–H groups in total. The zero-order valence-electron chi connectivity index (χ0n) is 14.7. The van der Waals surface area contributed by atoms with Gasteiger partial charge < -0.3 is 10.4 Å². The molecule has 0 bridgehead atoms. The van der Waals surface area contributed by atoms with Crippen molar-refractivity contribution in [2.75, 3.05) is 0 Å². The zero-order chi connectivity index (χ0) is 18.4. The van der Waals surface area contributed by atoms with Gasteiger partial charge in [0, 0.05) is 5.38 Å². The van der Waals surface area contributed by atoms with E-state index in [4.69, 9.17) is 0 Å². The first-order valence-electron chi connectivity index (χ1n) is 8.69. The average Bonchev–Trinajstić information content (AvgIpc) is 3.11. The van der Waals surface area contributed by atoms with E-state index in [0.717, 1.165) is 28.2 Å². The molecule has 0 aliphatic rings. The Morgan fingerprint density at radius 3 is 2.62 bits per heavy atom. The number of benzene rings is 2. The number of rotatable bonds is 7. The molecule has 0 aliphatic carbocycles. The third kappa shape index (κ3) is 4.92. The summed E-state index contributed by atoms with van der Waals surface area (Å²) in [6, 6.07) is 16.7. The molecule has 5 heteroatoms. The second-order valence-electron chi connectivity index (χ2n) is 6.19. The van der Waals surface area contributed by atoms with Gasteiger partial charge in [0.25, 0.3) is 0 Å². The Kier molecular flexibility index (Phi) is 6.02. The molecule has 134 valence electrons. The van der Waals surface area contributed by atoms with Crippen LogP contribution in [-0.4, -0.2) is 16.0 Å². The van der Waals surface area contributed by atoms with Gasteiger partial charge in [0.05, 0.1) is 18.2 Å². The normalized spacial score (nSPS) is 11.9. The predicted octanol–water partition coefficient (Wildman–Crippen LogP) is 4.05. The number of carbonyl (C=O) groups is 1. The molecule has 0 fully saturated rings. The first-order valence-corrected chi connectivity index (χ1v) is 9.57. The van der Waals surface area contributed by atoms with Crippen molar-refractivity contribution in [2.24, 2.45) is 0 Å². The highest BCUT2D eigenvalue weighted by Gasteiger charge is 2.19. The third-order valence-corrected chi connectivity index (χ3v) is 5.13. The molecular weight excluding hydrogens is 344 g/mol. The van der Waals surface area contributed by atoms with Crippen LogP contribution in [0.3, 0.4) is 0 Å². The van der Waals surface area contributed by atoms with E-state index >= 15 is 0 Å².